The zero-order valence-corrected chi connectivity index (χ0v) is 11.7. The largest absolute Gasteiger partial charge is 0.448 e. The average molecular weight is 261 g/mol. The van der Waals surface area contributed by atoms with Gasteiger partial charge in [-0.2, -0.15) is 0 Å². The predicted octanol–water partition coefficient (Wildman–Crippen LogP) is 2.30. The molecule has 0 unspecified atom stereocenters. The number of ether oxygens (including phenoxy) is 1. The molecule has 19 heavy (non-hydrogen) atoms. The molecule has 0 bridgehead atoms. The molecule has 1 aliphatic heterocycles. The van der Waals surface area contributed by atoms with Gasteiger partial charge in [0.2, 0.25) is 0 Å². The summed E-state index contributed by atoms with van der Waals surface area (Å²) in [6.07, 6.45) is 0. The summed E-state index contributed by atoms with van der Waals surface area (Å²) in [5.41, 5.74) is -0.0830. The van der Waals surface area contributed by atoms with Crippen molar-refractivity contribution in [2.45, 2.75) is 45.4 Å². The summed E-state index contributed by atoms with van der Waals surface area (Å²) in [5.74, 6) is -0.511. The first-order valence-electron chi connectivity index (χ1n) is 6.45. The monoisotopic (exact) mass is 261 g/mol. The van der Waals surface area contributed by atoms with E-state index in [9.17, 15) is 9.59 Å². The average Bonchev–Trinajstić information content (AvgIpc) is 2.37. The maximum atomic E-state index is 12.5. The molecular formula is C15H19NO3. The van der Waals surface area contributed by atoms with E-state index in [1.54, 1.807) is 25.7 Å². The number of rotatable bonds is 2. The number of morpholine rings is 1. The highest BCUT2D eigenvalue weighted by Gasteiger charge is 2.47. The van der Waals surface area contributed by atoms with Crippen LogP contribution < -0.4 is 0 Å². The molecule has 2 atom stereocenters. The maximum Gasteiger partial charge on any atom is 0.329 e. The van der Waals surface area contributed by atoms with Crippen molar-refractivity contribution in [1.82, 2.24) is 4.90 Å². The third kappa shape index (κ3) is 2.35. The van der Waals surface area contributed by atoms with E-state index in [1.807, 2.05) is 37.3 Å². The van der Waals surface area contributed by atoms with Crippen LogP contribution in [0.1, 0.15) is 39.3 Å². The van der Waals surface area contributed by atoms with Crippen molar-refractivity contribution >= 4 is 11.9 Å². The van der Waals surface area contributed by atoms with Crippen LogP contribution in [0.25, 0.3) is 0 Å². The van der Waals surface area contributed by atoms with Crippen LogP contribution in [0.15, 0.2) is 30.3 Å². The molecule has 1 aliphatic rings. The van der Waals surface area contributed by atoms with Gasteiger partial charge in [-0.05, 0) is 33.3 Å². The molecule has 0 N–H and O–H groups in total. The van der Waals surface area contributed by atoms with Crippen molar-refractivity contribution < 1.29 is 14.3 Å². The lowest BCUT2D eigenvalue weighted by atomic mass is 9.98. The minimum atomic E-state index is -1.09. The van der Waals surface area contributed by atoms with Crippen molar-refractivity contribution in [1.29, 1.82) is 0 Å². The molecule has 4 nitrogen and oxygen atoms in total. The molecule has 102 valence electrons. The van der Waals surface area contributed by atoms with E-state index >= 15 is 0 Å². The molecule has 1 amide bonds. The lowest BCUT2D eigenvalue weighted by molar-refractivity contribution is -0.190. The molecule has 0 aromatic heterocycles. The molecule has 1 aromatic carbocycles. The highest BCUT2D eigenvalue weighted by molar-refractivity contribution is 5.95. The summed E-state index contributed by atoms with van der Waals surface area (Å²) in [6.45, 7) is 6.89. The van der Waals surface area contributed by atoms with Crippen molar-refractivity contribution in [3.8, 4) is 0 Å². The van der Waals surface area contributed by atoms with Crippen LogP contribution in [0.2, 0.25) is 0 Å². The fourth-order valence-electron chi connectivity index (χ4n) is 2.38. The van der Waals surface area contributed by atoms with Crippen LogP contribution in [-0.2, 0) is 14.3 Å². The first-order chi connectivity index (χ1) is 8.84. The molecule has 1 heterocycles. The first kappa shape index (κ1) is 13.6. The Morgan fingerprint density at radius 3 is 2.37 bits per heavy atom. The molecule has 1 saturated heterocycles. The molecule has 1 fully saturated rings. The second-order valence-electron chi connectivity index (χ2n) is 5.41. The lowest BCUT2D eigenvalue weighted by Gasteiger charge is -2.43. The molecule has 0 saturated carbocycles. The minimum absolute atomic E-state index is 0.157. The van der Waals surface area contributed by atoms with E-state index in [-0.39, 0.29) is 17.9 Å². The Morgan fingerprint density at radius 1 is 1.21 bits per heavy atom. The van der Waals surface area contributed by atoms with Crippen LogP contribution in [0.3, 0.4) is 0 Å². The smallest absolute Gasteiger partial charge is 0.329 e. The van der Waals surface area contributed by atoms with Gasteiger partial charge in [0.25, 0.3) is 5.91 Å². The van der Waals surface area contributed by atoms with Crippen LogP contribution >= 0.6 is 0 Å². The third-order valence-electron chi connectivity index (χ3n) is 3.56. The molecular weight excluding hydrogens is 242 g/mol. The number of cyclic esters (lactones) is 1. The maximum absolute atomic E-state index is 12.5. The van der Waals surface area contributed by atoms with Crippen LogP contribution in [0.5, 0.6) is 0 Å². The van der Waals surface area contributed by atoms with Crippen LogP contribution in [0.4, 0.5) is 0 Å². The van der Waals surface area contributed by atoms with Gasteiger partial charge in [0, 0.05) is 0 Å². The summed E-state index contributed by atoms with van der Waals surface area (Å²) >= 11 is 0. The molecule has 0 radical (unpaired) electrons. The number of esters is 1. The van der Waals surface area contributed by atoms with Crippen LogP contribution in [-0.4, -0.2) is 28.4 Å². The van der Waals surface area contributed by atoms with E-state index in [4.69, 9.17) is 4.74 Å². The summed E-state index contributed by atoms with van der Waals surface area (Å²) in [6, 6.07) is 8.97. The number of hydrogen-bond donors (Lipinski definition) is 0. The Hall–Kier alpha value is -1.84. The number of carbonyl (C=O) groups excluding carboxylic acids is 2. The Bertz CT molecular complexity index is 495. The quantitative estimate of drug-likeness (QED) is 0.767. The van der Waals surface area contributed by atoms with Gasteiger partial charge in [-0.25, -0.2) is 4.79 Å². The van der Waals surface area contributed by atoms with Gasteiger partial charge < -0.3 is 9.64 Å². The van der Waals surface area contributed by atoms with E-state index < -0.39 is 11.6 Å². The number of carbonyl (C=O) groups is 2. The van der Waals surface area contributed by atoms with Crippen molar-refractivity contribution in [3.63, 3.8) is 0 Å². The number of hydrogen-bond acceptors (Lipinski definition) is 3. The Morgan fingerprint density at radius 2 is 1.79 bits per heavy atom. The van der Waals surface area contributed by atoms with E-state index in [2.05, 4.69) is 0 Å². The topological polar surface area (TPSA) is 46.6 Å². The molecule has 1 aromatic rings. The van der Waals surface area contributed by atoms with Gasteiger partial charge in [-0.15, -0.1) is 0 Å². The molecule has 0 aliphatic carbocycles. The van der Waals surface area contributed by atoms with E-state index in [1.165, 1.54) is 0 Å². The van der Waals surface area contributed by atoms with Gasteiger partial charge >= 0.3 is 5.97 Å². The first-order valence-corrected chi connectivity index (χ1v) is 6.45. The van der Waals surface area contributed by atoms with Crippen molar-refractivity contribution in [2.75, 3.05) is 0 Å². The van der Waals surface area contributed by atoms with Crippen molar-refractivity contribution in [3.05, 3.63) is 35.9 Å². The lowest BCUT2D eigenvalue weighted by Crippen LogP contribution is -2.60. The predicted molar refractivity (Wildman–Crippen MR) is 71.3 cm³/mol. The number of amides is 1. The van der Waals surface area contributed by atoms with E-state index in [0.717, 1.165) is 5.56 Å². The number of benzene rings is 1. The van der Waals surface area contributed by atoms with Crippen LogP contribution in [0, 0.1) is 0 Å². The highest BCUT2D eigenvalue weighted by Crippen LogP contribution is 2.31. The standard InChI is InChI=1S/C15H19NO3/c1-10(12-8-6-5-7-9-12)16-11(2)13(17)19-15(3,4)14(16)18/h5-11H,1-4H3/t10-,11-/m1/s1. The van der Waals surface area contributed by atoms with Gasteiger partial charge in [-0.1, -0.05) is 30.3 Å². The van der Waals surface area contributed by atoms with Gasteiger partial charge in [0.1, 0.15) is 6.04 Å². The van der Waals surface area contributed by atoms with Gasteiger partial charge in [-0.3, -0.25) is 4.79 Å². The second kappa shape index (κ2) is 4.68. The third-order valence-corrected chi connectivity index (χ3v) is 3.56. The molecule has 0 spiro atoms. The number of nitrogens with zero attached hydrogens (tertiary/aromatic N) is 1. The minimum Gasteiger partial charge on any atom is -0.448 e. The fraction of sp³-hybridized carbons (Fsp3) is 0.467. The normalized spacial score (nSPS) is 24.0. The molecule has 2 rings (SSSR count). The van der Waals surface area contributed by atoms with Gasteiger partial charge in [0.15, 0.2) is 5.60 Å². The fourth-order valence-corrected chi connectivity index (χ4v) is 2.38. The zero-order chi connectivity index (χ0) is 14.2. The highest BCUT2D eigenvalue weighted by atomic mass is 16.6. The summed E-state index contributed by atoms with van der Waals surface area (Å²) in [4.78, 5) is 26.0. The summed E-state index contributed by atoms with van der Waals surface area (Å²) < 4.78 is 5.18. The second-order valence-corrected chi connectivity index (χ2v) is 5.41. The summed E-state index contributed by atoms with van der Waals surface area (Å²) in [5, 5.41) is 0. The summed E-state index contributed by atoms with van der Waals surface area (Å²) in [7, 11) is 0. The Labute approximate surface area is 113 Å². The molecule has 4 heteroatoms. The SMILES string of the molecule is C[C@@H]1C(=O)OC(C)(C)C(=O)N1[C@H](C)c1ccccc1. The van der Waals surface area contributed by atoms with E-state index in [0.29, 0.717) is 0 Å². The Balaban J connectivity index is 2.36. The van der Waals surface area contributed by atoms with Gasteiger partial charge in [0.05, 0.1) is 6.04 Å². The Kier molecular flexibility index (Phi) is 3.35. The zero-order valence-electron chi connectivity index (χ0n) is 11.7. The van der Waals surface area contributed by atoms with Crippen molar-refractivity contribution in [2.24, 2.45) is 0 Å².